The molecule has 1 heterocycles. The van der Waals surface area contributed by atoms with Gasteiger partial charge in [-0.3, -0.25) is 4.79 Å². The smallest absolute Gasteiger partial charge is 0.288 e. The van der Waals surface area contributed by atoms with Crippen LogP contribution in [0.15, 0.2) is 29.3 Å². The summed E-state index contributed by atoms with van der Waals surface area (Å²) < 4.78 is 1.50. The van der Waals surface area contributed by atoms with Gasteiger partial charge in [-0.15, -0.1) is 0 Å². The largest absolute Gasteiger partial charge is 0.307 e. The van der Waals surface area contributed by atoms with Gasteiger partial charge in [0, 0.05) is 18.9 Å². The van der Waals surface area contributed by atoms with Crippen LogP contribution in [0.3, 0.4) is 0 Å². The van der Waals surface area contributed by atoms with Crippen LogP contribution in [0.25, 0.3) is 0 Å². The molecule has 1 aromatic rings. The van der Waals surface area contributed by atoms with Crippen LogP contribution in [0.2, 0.25) is 5.15 Å². The first-order chi connectivity index (χ1) is 6.15. The molecule has 1 aromatic heterocycles. The minimum Gasteiger partial charge on any atom is -0.307 e. The summed E-state index contributed by atoms with van der Waals surface area (Å²) in [6.07, 6.45) is 3.97. The molecule has 70 valence electrons. The molecule has 0 atom stereocenters. The van der Waals surface area contributed by atoms with E-state index in [4.69, 9.17) is 11.6 Å². The maximum Gasteiger partial charge on any atom is 0.288 e. The van der Waals surface area contributed by atoms with Crippen molar-refractivity contribution in [2.75, 3.05) is 0 Å². The fourth-order valence-corrected chi connectivity index (χ4v) is 1.06. The van der Waals surface area contributed by atoms with E-state index in [-0.39, 0.29) is 10.7 Å². The van der Waals surface area contributed by atoms with Gasteiger partial charge < -0.3 is 4.57 Å². The molecule has 0 aliphatic rings. The van der Waals surface area contributed by atoms with Crippen molar-refractivity contribution in [1.82, 2.24) is 9.55 Å². The fraction of sp³-hybridized carbons (Fsp3) is 0.333. The monoisotopic (exact) mass is 198 g/mol. The normalized spacial score (nSPS) is 10.0. The zero-order chi connectivity index (χ0) is 9.84. The standard InChI is InChI=1S/C9H11ClN2O/c1-3-7(2)6-12-5-4-11-8(10)9(12)13/h4-5H,2-3,6H2,1H3. The van der Waals surface area contributed by atoms with Crippen LogP contribution in [0.4, 0.5) is 0 Å². The highest BCUT2D eigenvalue weighted by Crippen LogP contribution is 2.00. The number of aromatic nitrogens is 2. The van der Waals surface area contributed by atoms with Gasteiger partial charge in [0.1, 0.15) is 0 Å². The van der Waals surface area contributed by atoms with Gasteiger partial charge in [-0.05, 0) is 6.42 Å². The van der Waals surface area contributed by atoms with Gasteiger partial charge in [-0.25, -0.2) is 4.98 Å². The summed E-state index contributed by atoms with van der Waals surface area (Å²) in [5, 5.41) is 0.00593. The number of rotatable bonds is 3. The summed E-state index contributed by atoms with van der Waals surface area (Å²) in [4.78, 5) is 15.0. The van der Waals surface area contributed by atoms with Crippen molar-refractivity contribution in [3.63, 3.8) is 0 Å². The highest BCUT2D eigenvalue weighted by molar-refractivity contribution is 6.29. The molecule has 0 bridgehead atoms. The Balaban J connectivity index is 2.96. The lowest BCUT2D eigenvalue weighted by Crippen LogP contribution is -2.21. The molecular formula is C9H11ClN2O. The summed E-state index contributed by atoms with van der Waals surface area (Å²) in [7, 11) is 0. The minimum absolute atomic E-state index is 0.00593. The first-order valence-electron chi connectivity index (χ1n) is 4.02. The lowest BCUT2D eigenvalue weighted by atomic mass is 10.2. The van der Waals surface area contributed by atoms with Crippen LogP contribution in [-0.4, -0.2) is 9.55 Å². The van der Waals surface area contributed by atoms with E-state index in [1.54, 1.807) is 6.20 Å². The number of hydrogen-bond acceptors (Lipinski definition) is 2. The Bertz CT molecular complexity index is 370. The molecule has 0 amide bonds. The summed E-state index contributed by atoms with van der Waals surface area (Å²) >= 11 is 5.57. The van der Waals surface area contributed by atoms with Crippen molar-refractivity contribution in [3.8, 4) is 0 Å². The van der Waals surface area contributed by atoms with E-state index in [1.807, 2.05) is 6.92 Å². The van der Waals surface area contributed by atoms with Crippen molar-refractivity contribution >= 4 is 11.6 Å². The Hall–Kier alpha value is -1.09. The molecule has 0 aliphatic heterocycles. The van der Waals surface area contributed by atoms with E-state index >= 15 is 0 Å². The molecule has 0 radical (unpaired) electrons. The molecular weight excluding hydrogens is 188 g/mol. The molecule has 3 nitrogen and oxygen atoms in total. The number of hydrogen-bond donors (Lipinski definition) is 0. The van der Waals surface area contributed by atoms with Gasteiger partial charge in [0.25, 0.3) is 5.56 Å². The molecule has 0 fully saturated rings. The molecule has 4 heteroatoms. The molecule has 1 rings (SSSR count). The average molecular weight is 199 g/mol. The average Bonchev–Trinajstić information content (AvgIpc) is 2.13. The van der Waals surface area contributed by atoms with Crippen LogP contribution in [0.1, 0.15) is 13.3 Å². The van der Waals surface area contributed by atoms with Crippen LogP contribution in [0, 0.1) is 0 Å². The maximum absolute atomic E-state index is 11.3. The van der Waals surface area contributed by atoms with Crippen LogP contribution >= 0.6 is 11.6 Å². The molecule has 13 heavy (non-hydrogen) atoms. The van der Waals surface area contributed by atoms with Crippen LogP contribution in [0.5, 0.6) is 0 Å². The van der Waals surface area contributed by atoms with E-state index < -0.39 is 0 Å². The summed E-state index contributed by atoms with van der Waals surface area (Å²) in [6, 6.07) is 0. The second kappa shape index (κ2) is 4.23. The minimum atomic E-state index is -0.265. The highest BCUT2D eigenvalue weighted by Gasteiger charge is 2.01. The van der Waals surface area contributed by atoms with Gasteiger partial charge in [0.05, 0.1) is 0 Å². The van der Waals surface area contributed by atoms with Crippen molar-refractivity contribution in [1.29, 1.82) is 0 Å². The number of halogens is 1. The zero-order valence-electron chi connectivity index (χ0n) is 7.46. The predicted octanol–water partition coefficient (Wildman–Crippen LogP) is 1.86. The lowest BCUT2D eigenvalue weighted by molar-refractivity contribution is 0.719. The van der Waals surface area contributed by atoms with E-state index in [9.17, 15) is 4.79 Å². The predicted molar refractivity (Wildman–Crippen MR) is 52.9 cm³/mol. The molecule has 0 saturated carbocycles. The summed E-state index contributed by atoms with van der Waals surface area (Å²) in [5.41, 5.74) is 0.725. The third-order valence-electron chi connectivity index (χ3n) is 1.77. The zero-order valence-corrected chi connectivity index (χ0v) is 8.21. The van der Waals surface area contributed by atoms with E-state index in [1.165, 1.54) is 10.8 Å². The first-order valence-corrected chi connectivity index (χ1v) is 4.40. The first kappa shape index (κ1) is 9.99. The molecule has 0 spiro atoms. The van der Waals surface area contributed by atoms with Crippen LogP contribution < -0.4 is 5.56 Å². The van der Waals surface area contributed by atoms with Crippen molar-refractivity contribution < 1.29 is 0 Å². The van der Waals surface area contributed by atoms with Crippen molar-refractivity contribution in [3.05, 3.63) is 40.1 Å². The van der Waals surface area contributed by atoms with E-state index in [2.05, 4.69) is 11.6 Å². The van der Waals surface area contributed by atoms with Gasteiger partial charge in [-0.2, -0.15) is 0 Å². The molecule has 0 aliphatic carbocycles. The number of allylic oxidation sites excluding steroid dienone is 1. The van der Waals surface area contributed by atoms with Crippen molar-refractivity contribution in [2.45, 2.75) is 19.9 Å². The highest BCUT2D eigenvalue weighted by atomic mass is 35.5. The SMILES string of the molecule is C=C(CC)Cn1ccnc(Cl)c1=O. The fourth-order valence-electron chi connectivity index (χ4n) is 0.898. The van der Waals surface area contributed by atoms with E-state index in [0.29, 0.717) is 6.54 Å². The quantitative estimate of drug-likeness (QED) is 0.695. The number of nitrogens with zero attached hydrogens (tertiary/aromatic N) is 2. The van der Waals surface area contributed by atoms with Gasteiger partial charge in [0.15, 0.2) is 5.15 Å². The topological polar surface area (TPSA) is 34.9 Å². The second-order valence-electron chi connectivity index (χ2n) is 2.75. The molecule has 0 unspecified atom stereocenters. The Labute approximate surface area is 81.7 Å². The summed E-state index contributed by atoms with van der Waals surface area (Å²) in [6.45, 7) is 6.32. The summed E-state index contributed by atoms with van der Waals surface area (Å²) in [5.74, 6) is 0. The molecule has 0 saturated heterocycles. The Morgan fingerprint density at radius 3 is 3.08 bits per heavy atom. The van der Waals surface area contributed by atoms with Gasteiger partial charge in [-0.1, -0.05) is 30.7 Å². The molecule has 0 aromatic carbocycles. The van der Waals surface area contributed by atoms with Gasteiger partial charge in [0.2, 0.25) is 0 Å². The lowest BCUT2D eigenvalue weighted by Gasteiger charge is -2.05. The van der Waals surface area contributed by atoms with Gasteiger partial charge >= 0.3 is 0 Å². The van der Waals surface area contributed by atoms with E-state index in [0.717, 1.165) is 12.0 Å². The van der Waals surface area contributed by atoms with Crippen LogP contribution in [-0.2, 0) is 6.54 Å². The maximum atomic E-state index is 11.3. The third kappa shape index (κ3) is 2.42. The third-order valence-corrected chi connectivity index (χ3v) is 2.03. The Morgan fingerprint density at radius 1 is 1.77 bits per heavy atom. The Kier molecular flexibility index (Phi) is 3.25. The van der Waals surface area contributed by atoms with Crippen molar-refractivity contribution in [2.24, 2.45) is 0 Å². The Morgan fingerprint density at radius 2 is 2.46 bits per heavy atom. The second-order valence-corrected chi connectivity index (χ2v) is 3.11. The molecule has 0 N–H and O–H groups in total.